The van der Waals surface area contributed by atoms with Crippen LogP contribution in [0.2, 0.25) is 0 Å². The van der Waals surface area contributed by atoms with Gasteiger partial charge in [0, 0.05) is 18.4 Å². The van der Waals surface area contributed by atoms with Crippen molar-refractivity contribution in [3.63, 3.8) is 0 Å². The Bertz CT molecular complexity index is 464. The molecule has 1 aromatic carbocycles. The monoisotopic (exact) mass is 244 g/mol. The van der Waals surface area contributed by atoms with E-state index < -0.39 is 5.72 Å². The van der Waals surface area contributed by atoms with Crippen molar-refractivity contribution in [2.45, 2.75) is 37.8 Å². The van der Waals surface area contributed by atoms with E-state index in [-0.39, 0.29) is 5.91 Å². The lowest BCUT2D eigenvalue weighted by Crippen LogP contribution is -2.48. The second-order valence-electron chi connectivity index (χ2n) is 4.83. The molecule has 1 aliphatic carbocycles. The molecule has 1 aliphatic heterocycles. The second-order valence-corrected chi connectivity index (χ2v) is 4.83. The number of hydrazone groups is 1. The van der Waals surface area contributed by atoms with Gasteiger partial charge < -0.3 is 4.74 Å². The van der Waals surface area contributed by atoms with E-state index in [2.05, 4.69) is 5.10 Å². The fraction of sp³-hybridized carbons (Fsp3) is 0.429. The fourth-order valence-corrected chi connectivity index (χ4v) is 2.70. The molecule has 1 aromatic rings. The van der Waals surface area contributed by atoms with Gasteiger partial charge >= 0.3 is 0 Å². The van der Waals surface area contributed by atoms with Crippen molar-refractivity contribution < 1.29 is 9.53 Å². The van der Waals surface area contributed by atoms with Crippen molar-refractivity contribution in [1.82, 2.24) is 5.01 Å². The molecule has 4 heteroatoms. The van der Waals surface area contributed by atoms with Crippen molar-refractivity contribution in [2.75, 3.05) is 0 Å². The van der Waals surface area contributed by atoms with Gasteiger partial charge in [0.15, 0.2) is 6.40 Å². The van der Waals surface area contributed by atoms with E-state index in [1.165, 1.54) is 17.8 Å². The molecular formula is C14H16N2O2. The quantitative estimate of drug-likeness (QED) is 0.762. The first-order valence-electron chi connectivity index (χ1n) is 6.42. The maximum absolute atomic E-state index is 12.5. The highest BCUT2D eigenvalue weighted by atomic mass is 16.5. The Labute approximate surface area is 106 Å². The molecule has 4 nitrogen and oxygen atoms in total. The highest BCUT2D eigenvalue weighted by molar-refractivity contribution is 5.95. The molecule has 0 saturated heterocycles. The van der Waals surface area contributed by atoms with E-state index in [0.29, 0.717) is 5.56 Å². The smallest absolute Gasteiger partial charge is 0.277 e. The maximum atomic E-state index is 12.5. The lowest BCUT2D eigenvalue weighted by molar-refractivity contribution is -0.0693. The molecule has 0 aromatic heterocycles. The zero-order valence-electron chi connectivity index (χ0n) is 10.2. The Kier molecular flexibility index (Phi) is 2.78. The van der Waals surface area contributed by atoms with Crippen LogP contribution in [-0.4, -0.2) is 23.0 Å². The first-order valence-corrected chi connectivity index (χ1v) is 6.42. The summed E-state index contributed by atoms with van der Waals surface area (Å²) in [6.07, 6.45) is 6.52. The normalized spacial score (nSPS) is 21.0. The van der Waals surface area contributed by atoms with Crippen LogP contribution in [0.15, 0.2) is 35.4 Å². The standard InChI is InChI=1S/C14H16N2O2/c17-13(12-7-3-1-4-8-12)16-14(18-11-15-16)9-5-2-6-10-14/h1,3-4,7-8,11H,2,5-6,9-10H2. The van der Waals surface area contributed by atoms with Gasteiger partial charge in [0.2, 0.25) is 5.72 Å². The average molecular weight is 244 g/mol. The highest BCUT2D eigenvalue weighted by Crippen LogP contribution is 2.37. The topological polar surface area (TPSA) is 41.9 Å². The summed E-state index contributed by atoms with van der Waals surface area (Å²) in [5, 5.41) is 5.65. The second kappa shape index (κ2) is 4.44. The maximum Gasteiger partial charge on any atom is 0.277 e. The zero-order chi connectivity index (χ0) is 12.4. The molecule has 0 bridgehead atoms. The van der Waals surface area contributed by atoms with Crippen molar-refractivity contribution in [3.8, 4) is 0 Å². The largest absolute Gasteiger partial charge is 0.454 e. The number of nitrogens with zero attached hydrogens (tertiary/aromatic N) is 2. The predicted molar refractivity (Wildman–Crippen MR) is 68.0 cm³/mol. The van der Waals surface area contributed by atoms with E-state index >= 15 is 0 Å². The number of rotatable bonds is 1. The van der Waals surface area contributed by atoms with Gasteiger partial charge in [-0.25, -0.2) is 0 Å². The molecule has 18 heavy (non-hydrogen) atoms. The number of ether oxygens (including phenoxy) is 1. The van der Waals surface area contributed by atoms with Gasteiger partial charge in [-0.15, -0.1) is 5.10 Å². The van der Waals surface area contributed by atoms with Crippen LogP contribution in [-0.2, 0) is 4.74 Å². The van der Waals surface area contributed by atoms with Crippen molar-refractivity contribution in [2.24, 2.45) is 5.10 Å². The van der Waals surface area contributed by atoms with Gasteiger partial charge in [-0.3, -0.25) is 4.79 Å². The van der Waals surface area contributed by atoms with Gasteiger partial charge in [0.1, 0.15) is 0 Å². The van der Waals surface area contributed by atoms with Crippen molar-refractivity contribution in [3.05, 3.63) is 35.9 Å². The van der Waals surface area contributed by atoms with E-state index in [4.69, 9.17) is 4.74 Å². The summed E-state index contributed by atoms with van der Waals surface area (Å²) in [5.41, 5.74) is 0.135. The van der Waals surface area contributed by atoms with E-state index in [1.807, 2.05) is 30.3 Å². The van der Waals surface area contributed by atoms with Crippen molar-refractivity contribution in [1.29, 1.82) is 0 Å². The Hall–Kier alpha value is -1.84. The molecule has 0 unspecified atom stereocenters. The Morgan fingerprint density at radius 2 is 1.89 bits per heavy atom. The van der Waals surface area contributed by atoms with Gasteiger partial charge in [0.05, 0.1) is 0 Å². The predicted octanol–water partition coefficient (Wildman–Crippen LogP) is 2.76. The van der Waals surface area contributed by atoms with E-state index in [0.717, 1.165) is 25.7 Å². The average Bonchev–Trinajstić information content (AvgIpc) is 2.83. The summed E-state index contributed by atoms with van der Waals surface area (Å²) in [7, 11) is 0. The van der Waals surface area contributed by atoms with Crippen LogP contribution in [0, 0.1) is 0 Å². The third-order valence-electron chi connectivity index (χ3n) is 3.67. The minimum atomic E-state index is -0.523. The molecule has 1 heterocycles. The van der Waals surface area contributed by atoms with Crippen LogP contribution in [0.1, 0.15) is 42.5 Å². The van der Waals surface area contributed by atoms with Gasteiger partial charge in [-0.2, -0.15) is 5.01 Å². The Morgan fingerprint density at radius 3 is 2.61 bits per heavy atom. The van der Waals surface area contributed by atoms with Crippen molar-refractivity contribution >= 4 is 12.3 Å². The summed E-state index contributed by atoms with van der Waals surface area (Å²) in [4.78, 5) is 12.5. The van der Waals surface area contributed by atoms with Crippen LogP contribution in [0.25, 0.3) is 0 Å². The van der Waals surface area contributed by atoms with Gasteiger partial charge in [0.25, 0.3) is 5.91 Å². The first-order chi connectivity index (χ1) is 8.82. The van der Waals surface area contributed by atoms with Crippen LogP contribution in [0.4, 0.5) is 0 Å². The number of hydrogen-bond acceptors (Lipinski definition) is 3. The molecule has 0 N–H and O–H groups in total. The Morgan fingerprint density at radius 1 is 1.17 bits per heavy atom. The lowest BCUT2D eigenvalue weighted by Gasteiger charge is -2.37. The molecule has 1 fully saturated rings. The van der Waals surface area contributed by atoms with Crippen LogP contribution < -0.4 is 0 Å². The van der Waals surface area contributed by atoms with E-state index in [1.54, 1.807) is 0 Å². The summed E-state index contributed by atoms with van der Waals surface area (Å²) in [6.45, 7) is 0. The molecular weight excluding hydrogens is 228 g/mol. The number of amides is 1. The highest BCUT2D eigenvalue weighted by Gasteiger charge is 2.45. The minimum absolute atomic E-state index is 0.0775. The molecule has 94 valence electrons. The van der Waals surface area contributed by atoms with Crippen LogP contribution >= 0.6 is 0 Å². The fourth-order valence-electron chi connectivity index (χ4n) is 2.70. The summed E-state index contributed by atoms with van der Waals surface area (Å²) < 4.78 is 5.65. The third kappa shape index (κ3) is 1.78. The molecule has 3 rings (SSSR count). The van der Waals surface area contributed by atoms with Crippen LogP contribution in [0.5, 0.6) is 0 Å². The SMILES string of the molecule is O=C(c1ccccc1)N1N=COC12CCCCC2. The minimum Gasteiger partial charge on any atom is -0.454 e. The Balaban J connectivity index is 1.86. The number of carbonyl (C=O) groups is 1. The summed E-state index contributed by atoms with van der Waals surface area (Å²) in [6, 6.07) is 9.25. The first kappa shape index (κ1) is 11.3. The van der Waals surface area contributed by atoms with Gasteiger partial charge in [-0.05, 0) is 25.0 Å². The third-order valence-corrected chi connectivity index (χ3v) is 3.67. The summed E-state index contributed by atoms with van der Waals surface area (Å²) in [5.74, 6) is -0.0775. The lowest BCUT2D eigenvalue weighted by atomic mass is 9.91. The van der Waals surface area contributed by atoms with E-state index in [9.17, 15) is 4.79 Å². The molecule has 0 atom stereocenters. The molecule has 0 radical (unpaired) electrons. The molecule has 2 aliphatic rings. The zero-order valence-corrected chi connectivity index (χ0v) is 10.2. The van der Waals surface area contributed by atoms with Crippen LogP contribution in [0.3, 0.4) is 0 Å². The molecule has 1 saturated carbocycles. The van der Waals surface area contributed by atoms with Gasteiger partial charge in [-0.1, -0.05) is 24.6 Å². The number of carbonyl (C=O) groups excluding carboxylic acids is 1. The molecule has 1 spiro atoms. The number of hydrogen-bond donors (Lipinski definition) is 0. The summed E-state index contributed by atoms with van der Waals surface area (Å²) >= 11 is 0. The molecule has 1 amide bonds. The number of benzene rings is 1.